The van der Waals surface area contributed by atoms with E-state index in [1.54, 1.807) is 65.8 Å². The Morgan fingerprint density at radius 1 is 0.830 bits per heavy atom. The fourth-order valence-corrected chi connectivity index (χ4v) is 5.55. The number of aromatic nitrogens is 2. The Morgan fingerprint density at radius 3 is 2.02 bits per heavy atom. The average molecular weight is 796 g/mol. The standard InChI is InChI=1S/C35H44Cl2N6O9S/c1-34(2,3)51-31(47)38-18-8-7-9-26(40-32(48)52-35(4,5)6)29(46)39-19-27(44)50-21-42-30(41-28(45)23-12-16-25(37)17-13-23)53-43(33(42)49)20-22-10-14-24(36)15-11-22/h10-17,26H,7-9,18-21H2,1-6H3,(H,38,47)(H,39,46)(H,40,48)/t26-/m0/s1. The van der Waals surface area contributed by atoms with Crippen LogP contribution < -0.4 is 26.4 Å². The number of nitrogens with zero attached hydrogens (tertiary/aromatic N) is 3. The molecule has 1 atom stereocenters. The minimum absolute atomic E-state index is 0.0384. The topological polar surface area (TPSA) is 188 Å². The van der Waals surface area contributed by atoms with Gasteiger partial charge in [-0.1, -0.05) is 35.3 Å². The van der Waals surface area contributed by atoms with Crippen LogP contribution in [0, 0.1) is 0 Å². The first-order valence-electron chi connectivity index (χ1n) is 16.6. The molecule has 1 heterocycles. The molecule has 0 fully saturated rings. The number of rotatable bonds is 14. The number of benzene rings is 2. The van der Waals surface area contributed by atoms with Crippen LogP contribution in [0.25, 0.3) is 0 Å². The van der Waals surface area contributed by atoms with E-state index in [9.17, 15) is 28.8 Å². The Labute approximate surface area is 320 Å². The molecule has 53 heavy (non-hydrogen) atoms. The van der Waals surface area contributed by atoms with E-state index in [-0.39, 0.29) is 29.9 Å². The smallest absolute Gasteiger partial charge is 0.408 e. The number of ether oxygens (including phenoxy) is 3. The molecule has 18 heteroatoms. The molecule has 1 aromatic heterocycles. The first kappa shape index (κ1) is 42.7. The molecule has 4 amide bonds. The van der Waals surface area contributed by atoms with Crippen LogP contribution in [0.3, 0.4) is 0 Å². The van der Waals surface area contributed by atoms with Crippen LogP contribution in [0.4, 0.5) is 9.59 Å². The summed E-state index contributed by atoms with van der Waals surface area (Å²) < 4.78 is 18.2. The highest BCUT2D eigenvalue weighted by Crippen LogP contribution is 2.13. The molecular formula is C35H44Cl2N6O9S. The molecule has 0 radical (unpaired) electrons. The largest absolute Gasteiger partial charge is 0.444 e. The molecule has 0 aliphatic rings. The molecule has 0 aliphatic carbocycles. The zero-order valence-corrected chi connectivity index (χ0v) is 32.7. The summed E-state index contributed by atoms with van der Waals surface area (Å²) in [4.78, 5) is 80.8. The summed E-state index contributed by atoms with van der Waals surface area (Å²) in [5.41, 5.74) is -1.12. The molecule has 0 saturated carbocycles. The second kappa shape index (κ2) is 19.4. The maximum absolute atomic E-state index is 13.4. The first-order chi connectivity index (χ1) is 24.8. The van der Waals surface area contributed by atoms with Crippen molar-refractivity contribution in [2.24, 2.45) is 4.99 Å². The number of alkyl carbamates (subject to hydrolysis) is 2. The van der Waals surface area contributed by atoms with Gasteiger partial charge in [0.2, 0.25) is 10.7 Å². The summed E-state index contributed by atoms with van der Waals surface area (Å²) in [7, 11) is 0. The lowest BCUT2D eigenvalue weighted by Gasteiger charge is -2.23. The van der Waals surface area contributed by atoms with E-state index in [4.69, 9.17) is 37.4 Å². The molecular weight excluding hydrogens is 751 g/mol. The minimum atomic E-state index is -1.09. The molecule has 0 saturated heterocycles. The lowest BCUT2D eigenvalue weighted by atomic mass is 10.1. The van der Waals surface area contributed by atoms with Gasteiger partial charge in [-0.3, -0.25) is 14.4 Å². The van der Waals surface area contributed by atoms with Crippen LogP contribution in [0.1, 0.15) is 76.7 Å². The number of amides is 4. The number of esters is 1. The van der Waals surface area contributed by atoms with Crippen molar-refractivity contribution in [1.82, 2.24) is 24.5 Å². The Balaban J connectivity index is 1.68. The summed E-state index contributed by atoms with van der Waals surface area (Å²) in [6.07, 6.45) is -0.387. The summed E-state index contributed by atoms with van der Waals surface area (Å²) in [6.45, 7) is 9.42. The number of unbranched alkanes of at least 4 members (excludes halogenated alkanes) is 1. The van der Waals surface area contributed by atoms with Gasteiger partial charge in [0, 0.05) is 22.2 Å². The molecule has 2 aromatic carbocycles. The van der Waals surface area contributed by atoms with Crippen molar-refractivity contribution in [1.29, 1.82) is 0 Å². The van der Waals surface area contributed by atoms with Gasteiger partial charge < -0.3 is 30.2 Å². The Hall–Kier alpha value is -4.67. The molecule has 3 aromatic rings. The highest BCUT2D eigenvalue weighted by Gasteiger charge is 2.25. The number of carbonyl (C=O) groups excluding carboxylic acids is 5. The third-order valence-corrected chi connectivity index (χ3v) is 8.24. The van der Waals surface area contributed by atoms with Crippen molar-refractivity contribution in [3.05, 3.63) is 85.0 Å². The zero-order chi connectivity index (χ0) is 39.3. The predicted octanol–water partition coefficient (Wildman–Crippen LogP) is 5.01. The number of nitrogens with one attached hydrogen (secondary N) is 3. The van der Waals surface area contributed by atoms with Gasteiger partial charge in [0.1, 0.15) is 23.8 Å². The minimum Gasteiger partial charge on any atom is -0.444 e. The summed E-state index contributed by atoms with van der Waals surface area (Å²) >= 11 is 12.8. The van der Waals surface area contributed by atoms with E-state index >= 15 is 0 Å². The summed E-state index contributed by atoms with van der Waals surface area (Å²) in [5, 5.41) is 8.53. The van der Waals surface area contributed by atoms with Gasteiger partial charge in [0.25, 0.3) is 5.91 Å². The van der Waals surface area contributed by atoms with Crippen LogP contribution >= 0.6 is 34.7 Å². The van der Waals surface area contributed by atoms with E-state index < -0.39 is 66.2 Å². The monoisotopic (exact) mass is 794 g/mol. The Bertz CT molecular complexity index is 1880. The fourth-order valence-electron chi connectivity index (χ4n) is 4.36. The van der Waals surface area contributed by atoms with Gasteiger partial charge in [-0.2, -0.15) is 4.99 Å². The van der Waals surface area contributed by atoms with Crippen LogP contribution in [-0.4, -0.2) is 68.8 Å². The highest BCUT2D eigenvalue weighted by atomic mass is 35.5. The normalized spacial score (nSPS) is 12.4. The van der Waals surface area contributed by atoms with Crippen LogP contribution in [-0.2, 0) is 37.1 Å². The van der Waals surface area contributed by atoms with E-state index in [0.29, 0.717) is 22.9 Å². The summed E-state index contributed by atoms with van der Waals surface area (Å²) in [5.74, 6) is -2.25. The molecule has 3 rings (SSSR count). The van der Waals surface area contributed by atoms with Gasteiger partial charge in [-0.15, -0.1) is 0 Å². The van der Waals surface area contributed by atoms with E-state index in [1.807, 2.05) is 0 Å². The zero-order valence-electron chi connectivity index (χ0n) is 30.3. The van der Waals surface area contributed by atoms with Gasteiger partial charge in [0.05, 0.1) is 6.54 Å². The number of carbonyl (C=O) groups is 5. The van der Waals surface area contributed by atoms with Crippen molar-refractivity contribution in [3.8, 4) is 0 Å². The first-order valence-corrected chi connectivity index (χ1v) is 18.1. The third-order valence-electron chi connectivity index (χ3n) is 6.75. The van der Waals surface area contributed by atoms with Gasteiger partial charge in [-0.05, 0) is 114 Å². The number of hydrogen-bond donors (Lipinski definition) is 3. The second-order valence-electron chi connectivity index (χ2n) is 13.7. The SMILES string of the molecule is CC(C)(C)OC(=O)NCCCC[C@H](NC(=O)OC(C)(C)C)C(=O)NCC(=O)OCn1c(=NC(=O)c2ccc(Cl)cc2)sn(Cc2ccc(Cl)cc2)c1=O. The molecule has 0 spiro atoms. The van der Waals surface area contributed by atoms with Crippen LogP contribution in [0.5, 0.6) is 0 Å². The van der Waals surface area contributed by atoms with Crippen molar-refractivity contribution >= 4 is 64.7 Å². The quantitative estimate of drug-likeness (QED) is 0.115. The van der Waals surface area contributed by atoms with Gasteiger partial charge in [0.15, 0.2) is 6.73 Å². The number of halogens is 2. The van der Waals surface area contributed by atoms with Crippen LogP contribution in [0.15, 0.2) is 58.3 Å². The summed E-state index contributed by atoms with van der Waals surface area (Å²) in [6, 6.07) is 11.8. The van der Waals surface area contributed by atoms with Crippen molar-refractivity contribution < 1.29 is 38.2 Å². The Kier molecular flexibility index (Phi) is 15.7. The van der Waals surface area contributed by atoms with Crippen LogP contribution in [0.2, 0.25) is 10.0 Å². The third kappa shape index (κ3) is 15.5. The molecule has 0 aliphatic heterocycles. The second-order valence-corrected chi connectivity index (χ2v) is 15.5. The lowest BCUT2D eigenvalue weighted by Crippen LogP contribution is -2.49. The molecule has 3 N–H and O–H groups in total. The van der Waals surface area contributed by atoms with E-state index in [2.05, 4.69) is 20.9 Å². The van der Waals surface area contributed by atoms with Crippen molar-refractivity contribution in [2.75, 3.05) is 13.1 Å². The molecule has 0 bridgehead atoms. The van der Waals surface area contributed by atoms with E-state index in [1.165, 1.54) is 28.2 Å². The predicted molar refractivity (Wildman–Crippen MR) is 199 cm³/mol. The molecule has 15 nitrogen and oxygen atoms in total. The fraction of sp³-hybridized carbons (Fsp3) is 0.457. The highest BCUT2D eigenvalue weighted by molar-refractivity contribution is 7.03. The van der Waals surface area contributed by atoms with Gasteiger partial charge in [-0.25, -0.2) is 22.9 Å². The molecule has 0 unspecified atom stereocenters. The maximum atomic E-state index is 13.4. The molecule has 288 valence electrons. The number of hydrogen-bond acceptors (Lipinski definition) is 10. The van der Waals surface area contributed by atoms with E-state index in [0.717, 1.165) is 21.7 Å². The van der Waals surface area contributed by atoms with Crippen molar-refractivity contribution in [3.63, 3.8) is 0 Å². The lowest BCUT2D eigenvalue weighted by molar-refractivity contribution is -0.147. The Morgan fingerprint density at radius 2 is 1.42 bits per heavy atom. The van der Waals surface area contributed by atoms with Gasteiger partial charge >= 0.3 is 23.8 Å². The van der Waals surface area contributed by atoms with Crippen molar-refractivity contribution in [2.45, 2.75) is 91.3 Å². The maximum Gasteiger partial charge on any atom is 0.408 e. The average Bonchev–Trinajstić information content (AvgIpc) is 3.33.